The van der Waals surface area contributed by atoms with Crippen LogP contribution in [-0.4, -0.2) is 21.8 Å². The Hall–Kier alpha value is -3.44. The third-order valence-corrected chi connectivity index (χ3v) is 5.11. The Balaban J connectivity index is 1.94. The van der Waals surface area contributed by atoms with Crippen molar-refractivity contribution in [2.45, 2.75) is 13.0 Å². The van der Waals surface area contributed by atoms with Gasteiger partial charge in [-0.2, -0.15) is 0 Å². The van der Waals surface area contributed by atoms with Crippen LogP contribution >= 0.6 is 11.6 Å². The fraction of sp³-hybridized carbons (Fsp3) is 0.0870. The summed E-state index contributed by atoms with van der Waals surface area (Å²) in [4.78, 5) is 31.4. The zero-order valence-electron chi connectivity index (χ0n) is 15.5. The number of amides is 1. The van der Waals surface area contributed by atoms with Crippen LogP contribution in [0.25, 0.3) is 5.76 Å². The van der Waals surface area contributed by atoms with E-state index in [1.54, 1.807) is 60.9 Å². The highest BCUT2D eigenvalue weighted by atomic mass is 35.5. The molecule has 4 rings (SSSR count). The van der Waals surface area contributed by atoms with E-state index in [1.165, 1.54) is 4.90 Å². The van der Waals surface area contributed by atoms with Gasteiger partial charge in [0.05, 0.1) is 11.6 Å². The van der Waals surface area contributed by atoms with Crippen LogP contribution in [0.3, 0.4) is 0 Å². The Labute approximate surface area is 172 Å². The van der Waals surface area contributed by atoms with E-state index in [0.717, 1.165) is 5.56 Å². The van der Waals surface area contributed by atoms with Crippen molar-refractivity contribution < 1.29 is 14.7 Å². The van der Waals surface area contributed by atoms with Gasteiger partial charge in [0.15, 0.2) is 0 Å². The molecule has 29 heavy (non-hydrogen) atoms. The average molecular weight is 405 g/mol. The number of ketones is 1. The molecule has 1 atom stereocenters. The van der Waals surface area contributed by atoms with Crippen LogP contribution in [0.4, 0.5) is 5.69 Å². The molecule has 1 amide bonds. The van der Waals surface area contributed by atoms with E-state index in [2.05, 4.69) is 4.98 Å². The molecule has 3 aromatic rings. The Morgan fingerprint density at radius 1 is 1.03 bits per heavy atom. The zero-order valence-corrected chi connectivity index (χ0v) is 16.3. The number of aliphatic hydroxyl groups excluding tert-OH is 1. The molecule has 0 saturated carbocycles. The minimum atomic E-state index is -0.778. The average Bonchev–Trinajstić information content (AvgIpc) is 3.00. The third-order valence-electron chi connectivity index (χ3n) is 4.88. The minimum Gasteiger partial charge on any atom is -0.507 e. The van der Waals surface area contributed by atoms with E-state index in [-0.39, 0.29) is 11.3 Å². The quantitative estimate of drug-likeness (QED) is 0.391. The van der Waals surface area contributed by atoms with Gasteiger partial charge in [-0.05, 0) is 48.9 Å². The fourth-order valence-corrected chi connectivity index (χ4v) is 3.65. The molecule has 1 N–H and O–H groups in total. The Bertz CT molecular complexity index is 1120. The molecule has 0 spiro atoms. The lowest BCUT2D eigenvalue weighted by Gasteiger charge is -2.25. The molecule has 5 nitrogen and oxygen atoms in total. The monoisotopic (exact) mass is 404 g/mol. The van der Waals surface area contributed by atoms with Crippen molar-refractivity contribution in [3.63, 3.8) is 0 Å². The number of carbonyl (C=O) groups excluding carboxylic acids is 2. The van der Waals surface area contributed by atoms with Crippen LogP contribution in [0.5, 0.6) is 0 Å². The summed E-state index contributed by atoms with van der Waals surface area (Å²) in [5.41, 5.74) is 2.67. The van der Waals surface area contributed by atoms with Gasteiger partial charge in [0.2, 0.25) is 0 Å². The molecular formula is C23H17ClN2O3. The van der Waals surface area contributed by atoms with Gasteiger partial charge in [0.1, 0.15) is 5.76 Å². The number of Topliss-reactive ketones (excluding diaryl/α,β-unsaturated/α-hetero) is 1. The normalized spacial score (nSPS) is 18.3. The van der Waals surface area contributed by atoms with Gasteiger partial charge in [-0.1, -0.05) is 41.4 Å². The Morgan fingerprint density at radius 3 is 2.38 bits per heavy atom. The van der Waals surface area contributed by atoms with Crippen LogP contribution in [0.15, 0.2) is 78.6 Å². The molecule has 144 valence electrons. The highest BCUT2D eigenvalue weighted by Gasteiger charge is 2.46. The number of hydrogen-bond acceptors (Lipinski definition) is 4. The van der Waals surface area contributed by atoms with Gasteiger partial charge < -0.3 is 5.11 Å². The van der Waals surface area contributed by atoms with Crippen molar-refractivity contribution >= 4 is 34.7 Å². The molecule has 1 fully saturated rings. The van der Waals surface area contributed by atoms with Crippen molar-refractivity contribution in [1.82, 2.24) is 4.98 Å². The highest BCUT2D eigenvalue weighted by molar-refractivity contribution is 6.51. The van der Waals surface area contributed by atoms with E-state index in [1.807, 2.05) is 19.1 Å². The van der Waals surface area contributed by atoms with Crippen LogP contribution in [-0.2, 0) is 9.59 Å². The lowest BCUT2D eigenvalue weighted by molar-refractivity contribution is -0.132. The second kappa shape index (κ2) is 7.53. The standard InChI is InChI=1S/C23H17ClN2O3/c1-14-5-7-18(8-6-14)26-20(15-9-11-25-12-10-15)19(22(28)23(26)29)21(27)16-3-2-4-17(24)13-16/h2-13,20,27H,1H3/b21-19-. The Morgan fingerprint density at radius 2 is 1.72 bits per heavy atom. The van der Waals surface area contributed by atoms with Crippen molar-refractivity contribution in [1.29, 1.82) is 0 Å². The molecule has 1 aromatic heterocycles. The summed E-state index contributed by atoms with van der Waals surface area (Å²) < 4.78 is 0. The number of pyridine rings is 1. The number of benzene rings is 2. The maximum Gasteiger partial charge on any atom is 0.300 e. The van der Waals surface area contributed by atoms with Gasteiger partial charge in [-0.15, -0.1) is 0 Å². The zero-order chi connectivity index (χ0) is 20.5. The van der Waals surface area contributed by atoms with Gasteiger partial charge in [0.25, 0.3) is 11.7 Å². The number of aliphatic hydroxyl groups is 1. The molecule has 1 aliphatic heterocycles. The van der Waals surface area contributed by atoms with Crippen LogP contribution in [0.2, 0.25) is 5.02 Å². The smallest absolute Gasteiger partial charge is 0.300 e. The molecule has 2 aromatic carbocycles. The summed E-state index contributed by atoms with van der Waals surface area (Å²) in [6.07, 6.45) is 3.17. The van der Waals surface area contributed by atoms with Gasteiger partial charge >= 0.3 is 0 Å². The highest BCUT2D eigenvalue weighted by Crippen LogP contribution is 2.42. The number of nitrogens with zero attached hydrogens (tertiary/aromatic N) is 2. The number of carbonyl (C=O) groups is 2. The van der Waals surface area contributed by atoms with E-state index in [4.69, 9.17) is 11.6 Å². The number of hydrogen-bond donors (Lipinski definition) is 1. The molecular weight excluding hydrogens is 388 g/mol. The van der Waals surface area contributed by atoms with Crippen LogP contribution < -0.4 is 4.90 Å². The summed E-state index contributed by atoms with van der Waals surface area (Å²) in [6.45, 7) is 1.94. The first-order valence-electron chi connectivity index (χ1n) is 9.01. The fourth-order valence-electron chi connectivity index (χ4n) is 3.46. The largest absolute Gasteiger partial charge is 0.507 e. The number of aryl methyl sites for hydroxylation is 1. The molecule has 0 aliphatic carbocycles. The number of halogens is 1. The van der Waals surface area contributed by atoms with Crippen molar-refractivity contribution in [2.24, 2.45) is 0 Å². The molecule has 1 unspecified atom stereocenters. The number of aromatic nitrogens is 1. The molecule has 1 saturated heterocycles. The SMILES string of the molecule is Cc1ccc(N2C(=O)C(=O)/C(=C(\O)c3cccc(Cl)c3)C2c2ccncc2)cc1. The summed E-state index contributed by atoms with van der Waals surface area (Å²) in [5, 5.41) is 11.4. The van der Waals surface area contributed by atoms with E-state index in [0.29, 0.717) is 21.8 Å². The van der Waals surface area contributed by atoms with Crippen LogP contribution in [0, 0.1) is 6.92 Å². The second-order valence-corrected chi connectivity index (χ2v) is 7.23. The van der Waals surface area contributed by atoms with Crippen molar-refractivity contribution in [2.75, 3.05) is 4.90 Å². The van der Waals surface area contributed by atoms with Gasteiger partial charge in [0, 0.05) is 28.7 Å². The molecule has 6 heteroatoms. The predicted octanol–water partition coefficient (Wildman–Crippen LogP) is 4.67. The Kier molecular flexibility index (Phi) is 4.91. The van der Waals surface area contributed by atoms with E-state index >= 15 is 0 Å². The summed E-state index contributed by atoms with van der Waals surface area (Å²) >= 11 is 6.05. The summed E-state index contributed by atoms with van der Waals surface area (Å²) in [5.74, 6) is -1.70. The molecule has 2 heterocycles. The third kappa shape index (κ3) is 3.41. The predicted molar refractivity (Wildman–Crippen MR) is 112 cm³/mol. The molecule has 0 radical (unpaired) electrons. The molecule has 1 aliphatic rings. The lowest BCUT2D eigenvalue weighted by atomic mass is 9.96. The van der Waals surface area contributed by atoms with E-state index in [9.17, 15) is 14.7 Å². The maximum absolute atomic E-state index is 13.0. The van der Waals surface area contributed by atoms with E-state index < -0.39 is 17.7 Å². The number of rotatable bonds is 3. The van der Waals surface area contributed by atoms with Crippen LogP contribution in [0.1, 0.15) is 22.7 Å². The first-order chi connectivity index (χ1) is 14.0. The van der Waals surface area contributed by atoms with Gasteiger partial charge in [-0.3, -0.25) is 19.5 Å². The topological polar surface area (TPSA) is 70.5 Å². The first-order valence-corrected chi connectivity index (χ1v) is 9.38. The lowest BCUT2D eigenvalue weighted by Crippen LogP contribution is -2.29. The van der Waals surface area contributed by atoms with Crippen molar-refractivity contribution in [3.05, 3.63) is 100 Å². The minimum absolute atomic E-state index is 0.0176. The summed E-state index contributed by atoms with van der Waals surface area (Å²) in [7, 11) is 0. The maximum atomic E-state index is 13.0. The van der Waals surface area contributed by atoms with Crippen molar-refractivity contribution in [3.8, 4) is 0 Å². The van der Waals surface area contributed by atoms with Gasteiger partial charge in [-0.25, -0.2) is 0 Å². The summed E-state index contributed by atoms with van der Waals surface area (Å²) in [6, 6.07) is 16.5. The molecule has 0 bridgehead atoms. The number of anilines is 1. The first kappa shape index (κ1) is 18.9. The second-order valence-electron chi connectivity index (χ2n) is 6.80.